The summed E-state index contributed by atoms with van der Waals surface area (Å²) in [6.45, 7) is 1.84. The molecule has 0 aromatic heterocycles. The highest BCUT2D eigenvalue weighted by atomic mass is 16.5. The topological polar surface area (TPSA) is 84.7 Å². The zero-order valence-electron chi connectivity index (χ0n) is 8.16. The predicted octanol–water partition coefficient (Wildman–Crippen LogP) is -1.10. The summed E-state index contributed by atoms with van der Waals surface area (Å²) in [6, 6.07) is -0.186. The number of nitrogens with two attached hydrogens (primary N) is 1. The van der Waals surface area contributed by atoms with Gasteiger partial charge >= 0.3 is 6.09 Å². The standard InChI is InChI=1S/C8H15N3O3/c1-14-8(13)11-3-2-10-5-6(11)4-7(9)12/h6,10H,2-5H2,1H3,(H2,9,12). The number of ether oxygens (including phenoxy) is 1. The molecule has 3 N–H and O–H groups in total. The Morgan fingerprint density at radius 3 is 2.93 bits per heavy atom. The number of amides is 2. The summed E-state index contributed by atoms with van der Waals surface area (Å²) >= 11 is 0. The van der Waals surface area contributed by atoms with E-state index < -0.39 is 12.0 Å². The molecule has 0 aliphatic carbocycles. The summed E-state index contributed by atoms with van der Waals surface area (Å²) in [5.41, 5.74) is 5.08. The molecule has 14 heavy (non-hydrogen) atoms. The van der Waals surface area contributed by atoms with Gasteiger partial charge in [-0.2, -0.15) is 0 Å². The van der Waals surface area contributed by atoms with Crippen LogP contribution in [0.25, 0.3) is 0 Å². The van der Waals surface area contributed by atoms with Crippen LogP contribution in [0.3, 0.4) is 0 Å². The minimum absolute atomic E-state index is 0.169. The van der Waals surface area contributed by atoms with Gasteiger partial charge in [-0.3, -0.25) is 4.79 Å². The normalized spacial score (nSPS) is 21.8. The number of primary amides is 1. The van der Waals surface area contributed by atoms with Gasteiger partial charge in [0.15, 0.2) is 0 Å². The van der Waals surface area contributed by atoms with E-state index in [1.807, 2.05) is 0 Å². The van der Waals surface area contributed by atoms with Gasteiger partial charge in [-0.1, -0.05) is 0 Å². The van der Waals surface area contributed by atoms with Crippen LogP contribution in [0.1, 0.15) is 6.42 Å². The summed E-state index contributed by atoms with van der Waals surface area (Å²) < 4.78 is 4.61. The van der Waals surface area contributed by atoms with Crippen molar-refractivity contribution in [3.63, 3.8) is 0 Å². The Morgan fingerprint density at radius 2 is 2.36 bits per heavy atom. The lowest BCUT2D eigenvalue weighted by Gasteiger charge is -2.34. The van der Waals surface area contributed by atoms with Gasteiger partial charge in [0.1, 0.15) is 0 Å². The van der Waals surface area contributed by atoms with Crippen molar-refractivity contribution in [3.8, 4) is 0 Å². The Morgan fingerprint density at radius 1 is 1.64 bits per heavy atom. The number of carbonyl (C=O) groups is 2. The average Bonchev–Trinajstić information content (AvgIpc) is 2.16. The fraction of sp³-hybridized carbons (Fsp3) is 0.750. The van der Waals surface area contributed by atoms with E-state index in [1.54, 1.807) is 0 Å². The third-order valence-electron chi connectivity index (χ3n) is 2.20. The second-order valence-electron chi connectivity index (χ2n) is 3.19. The third kappa shape index (κ3) is 2.59. The number of nitrogens with zero attached hydrogens (tertiary/aromatic N) is 1. The van der Waals surface area contributed by atoms with Crippen molar-refractivity contribution in [2.45, 2.75) is 12.5 Å². The van der Waals surface area contributed by atoms with Gasteiger partial charge in [0.2, 0.25) is 5.91 Å². The first-order valence-electron chi connectivity index (χ1n) is 4.48. The van der Waals surface area contributed by atoms with E-state index in [-0.39, 0.29) is 12.5 Å². The molecule has 2 amide bonds. The van der Waals surface area contributed by atoms with Crippen molar-refractivity contribution in [1.82, 2.24) is 10.2 Å². The quantitative estimate of drug-likeness (QED) is 0.594. The molecule has 6 nitrogen and oxygen atoms in total. The second kappa shape index (κ2) is 4.80. The zero-order valence-corrected chi connectivity index (χ0v) is 8.16. The van der Waals surface area contributed by atoms with E-state index in [4.69, 9.17) is 5.73 Å². The Hall–Kier alpha value is -1.30. The Labute approximate surface area is 82.4 Å². The zero-order chi connectivity index (χ0) is 10.6. The van der Waals surface area contributed by atoms with E-state index in [0.717, 1.165) is 0 Å². The van der Waals surface area contributed by atoms with Crippen LogP contribution >= 0.6 is 0 Å². The minimum atomic E-state index is -0.410. The number of hydrogen-bond acceptors (Lipinski definition) is 4. The first-order chi connectivity index (χ1) is 6.65. The van der Waals surface area contributed by atoms with Crippen LogP contribution in [0.4, 0.5) is 4.79 Å². The van der Waals surface area contributed by atoms with E-state index >= 15 is 0 Å². The molecule has 0 aromatic rings. The highest BCUT2D eigenvalue weighted by Gasteiger charge is 2.28. The van der Waals surface area contributed by atoms with Crippen molar-refractivity contribution in [2.75, 3.05) is 26.7 Å². The molecular weight excluding hydrogens is 186 g/mol. The van der Waals surface area contributed by atoms with E-state index in [9.17, 15) is 9.59 Å². The molecule has 1 saturated heterocycles. The van der Waals surface area contributed by atoms with Gasteiger partial charge in [0.25, 0.3) is 0 Å². The Bertz CT molecular complexity index is 232. The summed E-state index contributed by atoms with van der Waals surface area (Å²) in [5.74, 6) is -0.410. The average molecular weight is 201 g/mol. The van der Waals surface area contributed by atoms with Crippen LogP contribution in [0, 0.1) is 0 Å². The number of hydrogen-bond donors (Lipinski definition) is 2. The van der Waals surface area contributed by atoms with Crippen LogP contribution in [0.2, 0.25) is 0 Å². The van der Waals surface area contributed by atoms with Crippen LogP contribution in [-0.4, -0.2) is 49.7 Å². The van der Waals surface area contributed by atoms with Crippen molar-refractivity contribution in [3.05, 3.63) is 0 Å². The van der Waals surface area contributed by atoms with Crippen LogP contribution in [-0.2, 0) is 9.53 Å². The smallest absolute Gasteiger partial charge is 0.409 e. The molecule has 1 rings (SSSR count). The lowest BCUT2D eigenvalue weighted by molar-refractivity contribution is -0.119. The fourth-order valence-corrected chi connectivity index (χ4v) is 1.53. The van der Waals surface area contributed by atoms with Gasteiger partial charge in [-0.15, -0.1) is 0 Å². The van der Waals surface area contributed by atoms with Crippen molar-refractivity contribution < 1.29 is 14.3 Å². The van der Waals surface area contributed by atoms with Crippen molar-refractivity contribution in [2.24, 2.45) is 5.73 Å². The first kappa shape index (κ1) is 10.8. The molecule has 1 unspecified atom stereocenters. The van der Waals surface area contributed by atoms with Crippen molar-refractivity contribution >= 4 is 12.0 Å². The molecule has 0 radical (unpaired) electrons. The molecule has 1 aliphatic rings. The molecule has 1 fully saturated rings. The fourth-order valence-electron chi connectivity index (χ4n) is 1.53. The molecule has 0 aromatic carbocycles. The predicted molar refractivity (Wildman–Crippen MR) is 49.6 cm³/mol. The van der Waals surface area contributed by atoms with E-state index in [0.29, 0.717) is 19.6 Å². The summed E-state index contributed by atoms with van der Waals surface area (Å²) in [7, 11) is 1.33. The maximum Gasteiger partial charge on any atom is 0.409 e. The monoisotopic (exact) mass is 201 g/mol. The minimum Gasteiger partial charge on any atom is -0.453 e. The maximum absolute atomic E-state index is 11.3. The maximum atomic E-state index is 11.3. The molecule has 80 valence electrons. The lowest BCUT2D eigenvalue weighted by atomic mass is 10.1. The number of rotatable bonds is 2. The van der Waals surface area contributed by atoms with E-state index in [1.165, 1.54) is 12.0 Å². The molecule has 1 aliphatic heterocycles. The lowest BCUT2D eigenvalue weighted by Crippen LogP contribution is -2.54. The number of carbonyl (C=O) groups excluding carboxylic acids is 2. The SMILES string of the molecule is COC(=O)N1CCNCC1CC(N)=O. The van der Waals surface area contributed by atoms with Crippen LogP contribution < -0.4 is 11.1 Å². The van der Waals surface area contributed by atoms with Gasteiger partial charge < -0.3 is 20.7 Å². The molecule has 0 bridgehead atoms. The number of nitrogens with one attached hydrogen (secondary N) is 1. The molecule has 0 saturated carbocycles. The largest absolute Gasteiger partial charge is 0.453 e. The van der Waals surface area contributed by atoms with Gasteiger partial charge in [-0.05, 0) is 0 Å². The van der Waals surface area contributed by atoms with Gasteiger partial charge in [0.05, 0.1) is 13.2 Å². The Kier molecular flexibility index (Phi) is 3.70. The van der Waals surface area contributed by atoms with Crippen LogP contribution in [0.5, 0.6) is 0 Å². The second-order valence-corrected chi connectivity index (χ2v) is 3.19. The molecule has 1 atom stereocenters. The first-order valence-corrected chi connectivity index (χ1v) is 4.48. The van der Waals surface area contributed by atoms with Crippen molar-refractivity contribution in [1.29, 1.82) is 0 Å². The van der Waals surface area contributed by atoms with Gasteiger partial charge in [-0.25, -0.2) is 4.79 Å². The highest BCUT2D eigenvalue weighted by Crippen LogP contribution is 2.08. The summed E-state index contributed by atoms with van der Waals surface area (Å²) in [5, 5.41) is 3.09. The third-order valence-corrected chi connectivity index (χ3v) is 2.20. The molecule has 1 heterocycles. The van der Waals surface area contributed by atoms with Gasteiger partial charge in [0, 0.05) is 26.1 Å². The number of piperazine rings is 1. The highest BCUT2D eigenvalue weighted by molar-refractivity contribution is 5.76. The van der Waals surface area contributed by atoms with E-state index in [2.05, 4.69) is 10.1 Å². The van der Waals surface area contributed by atoms with Crippen LogP contribution in [0.15, 0.2) is 0 Å². The summed E-state index contributed by atoms with van der Waals surface area (Å²) in [6.07, 6.45) is -0.236. The summed E-state index contributed by atoms with van der Waals surface area (Å²) in [4.78, 5) is 23.6. The number of methoxy groups -OCH3 is 1. The molecule has 0 spiro atoms. The Balaban J connectivity index is 2.58. The molecular formula is C8H15N3O3. The molecule has 6 heteroatoms.